The molecule has 0 aliphatic rings. The zero-order chi connectivity index (χ0) is 11.8. The molecule has 10 heteroatoms. The van der Waals surface area contributed by atoms with Gasteiger partial charge in [-0.3, -0.25) is 0 Å². The molecule has 0 N–H and O–H groups in total. The predicted octanol–water partition coefficient (Wildman–Crippen LogP) is -6.11. The average Bonchev–Trinajstić information content (AvgIpc) is 1.81. The van der Waals surface area contributed by atoms with Crippen LogP contribution in [-0.2, 0) is 20.2 Å². The molecular weight excluding hydrogens is 278 g/mol. The Morgan fingerprint density at radius 2 is 0.938 bits per heavy atom. The third-order valence-corrected chi connectivity index (χ3v) is 2.72. The summed E-state index contributed by atoms with van der Waals surface area (Å²) >= 11 is 0. The van der Waals surface area contributed by atoms with E-state index in [1.54, 1.807) is 13.8 Å². The van der Waals surface area contributed by atoms with Crippen LogP contribution in [0.3, 0.4) is 0 Å². The van der Waals surface area contributed by atoms with Crippen molar-refractivity contribution in [3.05, 3.63) is 0 Å². The van der Waals surface area contributed by atoms with Crippen LogP contribution in [0, 0.1) is 0 Å². The van der Waals surface area contributed by atoms with Gasteiger partial charge in [-0.05, 0) is 12.8 Å². The van der Waals surface area contributed by atoms with Crippen molar-refractivity contribution < 1.29 is 85.1 Å². The van der Waals surface area contributed by atoms with E-state index in [-0.39, 0.29) is 70.6 Å². The largest absolute Gasteiger partial charge is 1.00 e. The Kier molecular flexibility index (Phi) is 21.9. The van der Waals surface area contributed by atoms with Crippen LogP contribution in [-0.4, -0.2) is 37.4 Å². The molecule has 0 bridgehead atoms. The molecule has 0 aliphatic carbocycles. The smallest absolute Gasteiger partial charge is 0.748 e. The van der Waals surface area contributed by atoms with Gasteiger partial charge in [0.25, 0.3) is 0 Å². The van der Waals surface area contributed by atoms with Crippen LogP contribution in [0.25, 0.3) is 0 Å². The van der Waals surface area contributed by atoms with Crippen LogP contribution in [0.1, 0.15) is 26.7 Å². The predicted molar refractivity (Wildman–Crippen MR) is 49.7 cm³/mol. The van der Waals surface area contributed by atoms with Crippen LogP contribution < -0.4 is 59.1 Å². The minimum atomic E-state index is -3.92. The first-order valence-electron chi connectivity index (χ1n) is 3.99. The van der Waals surface area contributed by atoms with Gasteiger partial charge in [0.1, 0.15) is 0 Å². The van der Waals surface area contributed by atoms with Gasteiger partial charge in [0.2, 0.25) is 0 Å². The van der Waals surface area contributed by atoms with Crippen molar-refractivity contribution in [2.75, 3.05) is 11.5 Å². The Bertz CT molecular complexity index is 289. The molecule has 0 aromatic carbocycles. The number of hydrogen-bond acceptors (Lipinski definition) is 6. The van der Waals surface area contributed by atoms with E-state index in [4.69, 9.17) is 0 Å². The molecule has 0 unspecified atom stereocenters. The second-order valence-electron chi connectivity index (χ2n) is 2.52. The van der Waals surface area contributed by atoms with Crippen LogP contribution in [0.4, 0.5) is 0 Å². The molecule has 6 nitrogen and oxygen atoms in total. The second kappa shape index (κ2) is 13.3. The summed E-state index contributed by atoms with van der Waals surface area (Å²) in [5.74, 6) is -0.486. The van der Waals surface area contributed by atoms with E-state index in [1.165, 1.54) is 0 Å². The molecule has 0 spiro atoms. The second-order valence-corrected chi connectivity index (χ2v) is 5.57. The van der Waals surface area contributed by atoms with Gasteiger partial charge in [-0.1, -0.05) is 13.8 Å². The summed E-state index contributed by atoms with van der Waals surface area (Å²) in [6, 6.07) is 0. The molecule has 0 aliphatic heterocycles. The Morgan fingerprint density at radius 1 is 0.750 bits per heavy atom. The molecule has 0 fully saturated rings. The molecule has 0 amide bonds. The van der Waals surface area contributed by atoms with Crippen molar-refractivity contribution in [3.8, 4) is 0 Å². The zero-order valence-electron chi connectivity index (χ0n) is 10.1. The van der Waals surface area contributed by atoms with Crippen molar-refractivity contribution in [3.63, 3.8) is 0 Å². The van der Waals surface area contributed by atoms with Crippen molar-refractivity contribution in [1.82, 2.24) is 0 Å². The number of hydrogen-bond donors (Lipinski definition) is 0. The van der Waals surface area contributed by atoms with Gasteiger partial charge in [-0.15, -0.1) is 0 Å². The van der Waals surface area contributed by atoms with Gasteiger partial charge < -0.3 is 9.11 Å². The summed E-state index contributed by atoms with van der Waals surface area (Å²) in [5, 5.41) is 0. The van der Waals surface area contributed by atoms with Gasteiger partial charge in [0, 0.05) is 11.5 Å². The SMILES string of the molecule is CCCS(=O)(=O)[O-].CCCS(=O)(=O)[O-].[Na+].[Na+]. The fourth-order valence-electron chi connectivity index (χ4n) is 0.500. The van der Waals surface area contributed by atoms with Gasteiger partial charge in [-0.25, -0.2) is 16.8 Å². The summed E-state index contributed by atoms with van der Waals surface area (Å²) in [5.41, 5.74) is 0. The zero-order valence-corrected chi connectivity index (χ0v) is 15.7. The van der Waals surface area contributed by atoms with Crippen molar-refractivity contribution in [1.29, 1.82) is 0 Å². The van der Waals surface area contributed by atoms with Crippen molar-refractivity contribution in [2.24, 2.45) is 0 Å². The van der Waals surface area contributed by atoms with Gasteiger partial charge in [0.15, 0.2) is 0 Å². The average molecular weight is 292 g/mol. The summed E-state index contributed by atoms with van der Waals surface area (Å²) in [7, 11) is -7.85. The molecule has 0 heterocycles. The molecule has 0 rings (SSSR count). The van der Waals surface area contributed by atoms with Crippen LogP contribution in [0.15, 0.2) is 0 Å². The summed E-state index contributed by atoms with van der Waals surface area (Å²) in [6.07, 6.45) is 0.817. The van der Waals surface area contributed by atoms with Crippen LogP contribution in [0.5, 0.6) is 0 Å². The maximum absolute atomic E-state index is 9.68. The monoisotopic (exact) mass is 292 g/mol. The van der Waals surface area contributed by atoms with Crippen LogP contribution >= 0.6 is 0 Å². The molecule has 88 valence electrons. The van der Waals surface area contributed by atoms with E-state index in [1.807, 2.05) is 0 Å². The topological polar surface area (TPSA) is 114 Å². The molecular formula is C6H14Na2O6S2. The van der Waals surface area contributed by atoms with E-state index in [2.05, 4.69) is 0 Å². The molecule has 16 heavy (non-hydrogen) atoms. The third kappa shape index (κ3) is 36.0. The van der Waals surface area contributed by atoms with Gasteiger partial charge in [-0.2, -0.15) is 0 Å². The minimum Gasteiger partial charge on any atom is -0.748 e. The van der Waals surface area contributed by atoms with Gasteiger partial charge >= 0.3 is 59.1 Å². The molecule has 0 radical (unpaired) electrons. The normalized spacial score (nSPS) is 10.2. The Morgan fingerprint density at radius 3 is 0.938 bits per heavy atom. The Hall–Kier alpha value is 1.82. The summed E-state index contributed by atoms with van der Waals surface area (Å²) in [6.45, 7) is 3.30. The molecule has 0 atom stereocenters. The number of rotatable bonds is 4. The van der Waals surface area contributed by atoms with E-state index in [9.17, 15) is 25.9 Å². The van der Waals surface area contributed by atoms with E-state index in [0.717, 1.165) is 0 Å². The minimum absolute atomic E-state index is 0. The van der Waals surface area contributed by atoms with Gasteiger partial charge in [0.05, 0.1) is 20.2 Å². The van der Waals surface area contributed by atoms with Crippen molar-refractivity contribution in [2.45, 2.75) is 26.7 Å². The molecule has 0 saturated carbocycles. The summed E-state index contributed by atoms with van der Waals surface area (Å²) < 4.78 is 58.1. The van der Waals surface area contributed by atoms with Crippen LogP contribution in [0.2, 0.25) is 0 Å². The fraction of sp³-hybridized carbons (Fsp3) is 1.00. The first-order chi connectivity index (χ1) is 6.12. The molecule has 0 saturated heterocycles. The molecule has 0 aromatic rings. The first kappa shape index (κ1) is 26.4. The van der Waals surface area contributed by atoms with E-state index < -0.39 is 20.2 Å². The maximum atomic E-state index is 9.68. The first-order valence-corrected chi connectivity index (χ1v) is 7.15. The Balaban J connectivity index is -0.0000000800. The van der Waals surface area contributed by atoms with E-state index >= 15 is 0 Å². The standard InChI is InChI=1S/2C3H8O3S.2Na/c2*1-2-3-7(4,5)6;;/h2*2-3H2,1H3,(H,4,5,6);;/q;;2*+1/p-2. The van der Waals surface area contributed by atoms with E-state index in [0.29, 0.717) is 12.8 Å². The quantitative estimate of drug-likeness (QED) is 0.376. The Labute approximate surface area is 142 Å². The summed E-state index contributed by atoms with van der Waals surface area (Å²) in [4.78, 5) is 0. The fourth-order valence-corrected chi connectivity index (χ4v) is 1.50. The molecule has 0 aromatic heterocycles. The van der Waals surface area contributed by atoms with Crippen molar-refractivity contribution >= 4 is 20.2 Å². The maximum Gasteiger partial charge on any atom is 1.00 e. The third-order valence-electron chi connectivity index (χ3n) is 0.908.